The zero-order valence-electron chi connectivity index (χ0n) is 8.92. The molecule has 0 aromatic carbocycles. The summed E-state index contributed by atoms with van der Waals surface area (Å²) in [5.74, 6) is 0. The Kier molecular flexibility index (Phi) is 2.10. The normalized spacial score (nSPS) is 22.9. The number of fused-ring (bicyclic) bond motifs is 1. The molecule has 1 aliphatic heterocycles. The second-order valence-corrected chi connectivity index (χ2v) is 4.95. The Morgan fingerprint density at radius 3 is 2.80 bits per heavy atom. The Balaban J connectivity index is 1.90. The van der Waals surface area contributed by atoms with E-state index in [9.17, 15) is 0 Å². The lowest BCUT2D eigenvalue weighted by Crippen LogP contribution is -2.37. The van der Waals surface area contributed by atoms with Crippen molar-refractivity contribution in [1.82, 2.24) is 10.3 Å². The molecule has 2 heterocycles. The van der Waals surface area contributed by atoms with Gasteiger partial charge < -0.3 is 5.32 Å². The quantitative estimate of drug-likeness (QED) is 0.608. The second kappa shape index (κ2) is 3.34. The average molecular weight is 198 g/mol. The van der Waals surface area contributed by atoms with E-state index in [1.807, 2.05) is 6.07 Å². The van der Waals surface area contributed by atoms with Gasteiger partial charge in [-0.15, -0.1) is 0 Å². The van der Waals surface area contributed by atoms with Crippen LogP contribution in [0.5, 0.6) is 0 Å². The molecule has 2 radical (unpaired) electrons. The highest BCUT2D eigenvalue weighted by atomic mass is 14.9. The highest BCUT2D eigenvalue weighted by Gasteiger charge is 2.38. The first-order chi connectivity index (χ1) is 7.27. The van der Waals surface area contributed by atoms with E-state index < -0.39 is 0 Å². The van der Waals surface area contributed by atoms with Gasteiger partial charge in [-0.3, -0.25) is 4.98 Å². The van der Waals surface area contributed by atoms with Crippen LogP contribution >= 0.6 is 0 Å². The van der Waals surface area contributed by atoms with Crippen LogP contribution in [-0.2, 0) is 12.8 Å². The van der Waals surface area contributed by atoms with Gasteiger partial charge in [0.15, 0.2) is 0 Å². The van der Waals surface area contributed by atoms with Gasteiger partial charge >= 0.3 is 0 Å². The van der Waals surface area contributed by atoms with E-state index in [-0.39, 0.29) is 0 Å². The molecule has 15 heavy (non-hydrogen) atoms. The van der Waals surface area contributed by atoms with Gasteiger partial charge in [-0.05, 0) is 55.3 Å². The number of hydrogen-bond donors (Lipinski definition) is 1. The molecule has 0 amide bonds. The van der Waals surface area contributed by atoms with Gasteiger partial charge in [0, 0.05) is 5.69 Å². The van der Waals surface area contributed by atoms with Crippen LogP contribution < -0.4 is 10.9 Å². The summed E-state index contributed by atoms with van der Waals surface area (Å²) in [6.07, 6.45) is 4.90. The monoisotopic (exact) mass is 198 g/mol. The molecule has 76 valence electrons. The number of rotatable bonds is 0. The largest absolute Gasteiger partial charge is 0.317 e. The molecule has 0 atom stereocenters. The van der Waals surface area contributed by atoms with Gasteiger partial charge in [0.2, 0.25) is 0 Å². The van der Waals surface area contributed by atoms with E-state index in [0.29, 0.717) is 11.0 Å². The van der Waals surface area contributed by atoms with Crippen molar-refractivity contribution in [2.75, 3.05) is 13.1 Å². The van der Waals surface area contributed by atoms with Gasteiger partial charge in [-0.25, -0.2) is 0 Å². The van der Waals surface area contributed by atoms with Crippen molar-refractivity contribution < 1.29 is 0 Å². The zero-order valence-corrected chi connectivity index (χ0v) is 8.92. The Bertz CT molecular complexity index is 383. The third-order valence-corrected chi connectivity index (χ3v) is 3.86. The van der Waals surface area contributed by atoms with E-state index in [0.717, 1.165) is 19.5 Å². The molecule has 0 unspecified atom stereocenters. The summed E-state index contributed by atoms with van der Waals surface area (Å²) in [7, 11) is 5.73. The number of nitrogens with one attached hydrogen (secondary N) is 1. The Morgan fingerprint density at radius 1 is 1.20 bits per heavy atom. The maximum Gasteiger partial charge on any atom is 0.141 e. The fraction of sp³-hybridized carbons (Fsp3) is 0.583. The van der Waals surface area contributed by atoms with Crippen molar-refractivity contribution in [1.29, 1.82) is 0 Å². The third-order valence-electron chi connectivity index (χ3n) is 3.86. The fourth-order valence-electron chi connectivity index (χ4n) is 2.99. The van der Waals surface area contributed by atoms with Crippen LogP contribution in [0.4, 0.5) is 0 Å². The van der Waals surface area contributed by atoms with Crippen LogP contribution in [0.3, 0.4) is 0 Å². The maximum absolute atomic E-state index is 5.73. The maximum atomic E-state index is 5.73. The van der Waals surface area contributed by atoms with Gasteiger partial charge in [0.1, 0.15) is 7.85 Å². The van der Waals surface area contributed by atoms with Crippen molar-refractivity contribution in [3.8, 4) is 0 Å². The molecule has 0 bridgehead atoms. The van der Waals surface area contributed by atoms with Crippen molar-refractivity contribution in [2.24, 2.45) is 5.41 Å². The summed E-state index contributed by atoms with van der Waals surface area (Å²) in [5, 5.41) is 3.43. The second-order valence-electron chi connectivity index (χ2n) is 4.95. The van der Waals surface area contributed by atoms with Crippen molar-refractivity contribution in [3.05, 3.63) is 23.4 Å². The molecule has 0 saturated carbocycles. The van der Waals surface area contributed by atoms with E-state index in [2.05, 4.69) is 16.4 Å². The van der Waals surface area contributed by atoms with E-state index in [1.165, 1.54) is 30.5 Å². The SMILES string of the molecule is [B]c1ccc2c(n1)CC1(CCNCC1)C2. The number of nitrogens with zero attached hydrogens (tertiary/aromatic N) is 1. The summed E-state index contributed by atoms with van der Waals surface area (Å²) in [6.45, 7) is 2.31. The fourth-order valence-corrected chi connectivity index (χ4v) is 2.99. The Labute approximate surface area is 91.9 Å². The van der Waals surface area contributed by atoms with Crippen molar-refractivity contribution in [3.63, 3.8) is 0 Å². The van der Waals surface area contributed by atoms with Crippen molar-refractivity contribution in [2.45, 2.75) is 25.7 Å². The first-order valence-corrected chi connectivity index (χ1v) is 5.72. The van der Waals surface area contributed by atoms with E-state index in [1.54, 1.807) is 0 Å². The van der Waals surface area contributed by atoms with Gasteiger partial charge in [-0.2, -0.15) is 0 Å². The molecule has 3 heteroatoms. The standard InChI is InChI=1S/C12H15BN2/c13-11-2-1-9-7-12(8-10(9)15-11)3-5-14-6-4-12/h1-2,14H,3-8H2. The minimum Gasteiger partial charge on any atom is -0.317 e. The van der Waals surface area contributed by atoms with Gasteiger partial charge in [-0.1, -0.05) is 12.1 Å². The summed E-state index contributed by atoms with van der Waals surface area (Å²) in [6, 6.07) is 4.09. The molecule has 3 rings (SSSR count). The Hall–Kier alpha value is -0.825. The number of pyridine rings is 1. The molecule has 1 fully saturated rings. The van der Waals surface area contributed by atoms with E-state index in [4.69, 9.17) is 7.85 Å². The number of hydrogen-bond acceptors (Lipinski definition) is 2. The number of piperidine rings is 1. The minimum atomic E-state index is 0.494. The number of aromatic nitrogens is 1. The third kappa shape index (κ3) is 1.59. The molecule has 1 aliphatic carbocycles. The summed E-state index contributed by atoms with van der Waals surface area (Å²) < 4.78 is 0. The van der Waals surface area contributed by atoms with Crippen LogP contribution in [-0.4, -0.2) is 25.9 Å². The zero-order chi connectivity index (χ0) is 10.3. The smallest absolute Gasteiger partial charge is 0.141 e. The predicted octanol–water partition coefficient (Wildman–Crippen LogP) is 0.344. The highest BCUT2D eigenvalue weighted by Crippen LogP contribution is 2.42. The molecule has 2 nitrogen and oxygen atoms in total. The minimum absolute atomic E-state index is 0.494. The van der Waals surface area contributed by atoms with Crippen LogP contribution in [0.2, 0.25) is 0 Å². The van der Waals surface area contributed by atoms with Crippen molar-refractivity contribution >= 4 is 13.4 Å². The predicted molar refractivity (Wildman–Crippen MR) is 61.6 cm³/mol. The Morgan fingerprint density at radius 2 is 2.00 bits per heavy atom. The first kappa shape index (κ1) is 9.40. The topological polar surface area (TPSA) is 24.9 Å². The van der Waals surface area contributed by atoms with Crippen LogP contribution in [0.1, 0.15) is 24.1 Å². The molecule has 1 aromatic heterocycles. The van der Waals surface area contributed by atoms with Crippen LogP contribution in [0, 0.1) is 5.41 Å². The van der Waals surface area contributed by atoms with Gasteiger partial charge in [0.05, 0.1) is 0 Å². The van der Waals surface area contributed by atoms with Crippen LogP contribution in [0.15, 0.2) is 12.1 Å². The molecule has 2 aliphatic rings. The summed E-state index contributed by atoms with van der Waals surface area (Å²) >= 11 is 0. The van der Waals surface area contributed by atoms with Gasteiger partial charge in [0.25, 0.3) is 0 Å². The first-order valence-electron chi connectivity index (χ1n) is 5.72. The van der Waals surface area contributed by atoms with E-state index >= 15 is 0 Å². The molecule has 1 spiro atoms. The average Bonchev–Trinajstić information content (AvgIpc) is 2.56. The lowest BCUT2D eigenvalue weighted by molar-refractivity contribution is 0.215. The lowest BCUT2D eigenvalue weighted by Gasteiger charge is -2.33. The molecule has 1 N–H and O–H groups in total. The molecular weight excluding hydrogens is 183 g/mol. The summed E-state index contributed by atoms with van der Waals surface area (Å²) in [4.78, 5) is 4.46. The van der Waals surface area contributed by atoms with Crippen LogP contribution in [0.25, 0.3) is 0 Å². The molecule has 1 saturated heterocycles. The lowest BCUT2D eigenvalue weighted by atomic mass is 9.77. The summed E-state index contributed by atoms with van der Waals surface area (Å²) in [5.41, 5.74) is 3.83. The highest BCUT2D eigenvalue weighted by molar-refractivity contribution is 6.30. The molecular formula is C12H15BN2. The molecule has 1 aromatic rings.